The van der Waals surface area contributed by atoms with Crippen LogP contribution >= 0.6 is 0 Å². The Hall–Kier alpha value is -3.42. The van der Waals surface area contributed by atoms with E-state index in [4.69, 9.17) is 4.74 Å². The van der Waals surface area contributed by atoms with E-state index >= 15 is 0 Å². The van der Waals surface area contributed by atoms with Gasteiger partial charge in [-0.15, -0.1) is 0 Å². The number of benzene rings is 1. The maximum absolute atomic E-state index is 11.9. The van der Waals surface area contributed by atoms with Crippen LogP contribution in [0.2, 0.25) is 0 Å². The number of nitrogens with zero attached hydrogens (tertiary/aromatic N) is 3. The molecular formula is C19H21N5O3. The molecule has 0 aliphatic carbocycles. The molecule has 27 heavy (non-hydrogen) atoms. The molecule has 0 saturated carbocycles. The third-order valence-electron chi connectivity index (χ3n) is 4.10. The average Bonchev–Trinajstić information content (AvgIpc) is 3.12. The Morgan fingerprint density at radius 2 is 2.04 bits per heavy atom. The van der Waals surface area contributed by atoms with E-state index < -0.39 is 0 Å². The molecular weight excluding hydrogens is 346 g/mol. The van der Waals surface area contributed by atoms with Gasteiger partial charge < -0.3 is 19.9 Å². The fourth-order valence-corrected chi connectivity index (χ4v) is 2.77. The number of amides is 2. The van der Waals surface area contributed by atoms with Gasteiger partial charge in [-0.05, 0) is 18.2 Å². The lowest BCUT2D eigenvalue weighted by Gasteiger charge is -2.09. The number of aromatic nitrogens is 3. The van der Waals surface area contributed by atoms with E-state index in [1.165, 1.54) is 18.6 Å². The molecule has 0 bridgehead atoms. The SMILES string of the molecule is COc1cccc2c1ccn2CCNC(=O)CCNC(=O)c1cnccn1. The lowest BCUT2D eigenvalue weighted by atomic mass is 10.2. The van der Waals surface area contributed by atoms with Crippen LogP contribution in [0.1, 0.15) is 16.9 Å². The zero-order chi connectivity index (χ0) is 19.1. The number of carbonyl (C=O) groups excluding carboxylic acids is 2. The number of methoxy groups -OCH3 is 1. The molecule has 1 aromatic carbocycles. The van der Waals surface area contributed by atoms with Gasteiger partial charge in [0, 0.05) is 50.0 Å². The minimum atomic E-state index is -0.344. The number of rotatable bonds is 8. The van der Waals surface area contributed by atoms with Gasteiger partial charge in [-0.25, -0.2) is 4.98 Å². The van der Waals surface area contributed by atoms with Crippen LogP contribution in [0.4, 0.5) is 0 Å². The minimum absolute atomic E-state index is 0.122. The molecule has 0 atom stereocenters. The van der Waals surface area contributed by atoms with E-state index in [1.807, 2.05) is 30.5 Å². The molecule has 8 nitrogen and oxygen atoms in total. The Morgan fingerprint density at radius 1 is 1.15 bits per heavy atom. The van der Waals surface area contributed by atoms with Crippen molar-refractivity contribution in [2.45, 2.75) is 13.0 Å². The highest BCUT2D eigenvalue weighted by Crippen LogP contribution is 2.25. The molecule has 0 saturated heterocycles. The van der Waals surface area contributed by atoms with Crippen molar-refractivity contribution >= 4 is 22.7 Å². The van der Waals surface area contributed by atoms with E-state index in [1.54, 1.807) is 7.11 Å². The zero-order valence-corrected chi connectivity index (χ0v) is 15.0. The second-order valence-corrected chi connectivity index (χ2v) is 5.85. The maximum atomic E-state index is 11.9. The summed E-state index contributed by atoms with van der Waals surface area (Å²) in [5.74, 6) is 0.362. The molecule has 2 amide bonds. The number of fused-ring (bicyclic) bond motifs is 1. The van der Waals surface area contributed by atoms with Crippen LogP contribution in [0.5, 0.6) is 5.75 Å². The number of nitrogens with one attached hydrogen (secondary N) is 2. The Kier molecular flexibility index (Phi) is 5.98. The van der Waals surface area contributed by atoms with Crippen molar-refractivity contribution in [2.75, 3.05) is 20.2 Å². The molecule has 140 valence electrons. The van der Waals surface area contributed by atoms with Crippen LogP contribution in [0, 0.1) is 0 Å². The highest BCUT2D eigenvalue weighted by molar-refractivity contribution is 5.92. The van der Waals surface area contributed by atoms with Crippen LogP contribution in [-0.4, -0.2) is 46.5 Å². The standard InChI is InChI=1S/C19H21N5O3/c1-27-17-4-2-3-16-14(17)6-11-24(16)12-10-22-18(25)5-7-23-19(26)15-13-20-8-9-21-15/h2-4,6,8-9,11,13H,5,7,10,12H2,1H3,(H,22,25)(H,23,26). The van der Waals surface area contributed by atoms with Crippen molar-refractivity contribution in [1.29, 1.82) is 0 Å². The highest BCUT2D eigenvalue weighted by Gasteiger charge is 2.08. The van der Waals surface area contributed by atoms with Crippen LogP contribution in [0.25, 0.3) is 10.9 Å². The summed E-state index contributed by atoms with van der Waals surface area (Å²) in [6.07, 6.45) is 6.49. The molecule has 3 rings (SSSR count). The summed E-state index contributed by atoms with van der Waals surface area (Å²) >= 11 is 0. The van der Waals surface area contributed by atoms with Crippen molar-refractivity contribution in [3.63, 3.8) is 0 Å². The van der Waals surface area contributed by atoms with E-state index in [0.717, 1.165) is 16.7 Å². The normalized spacial score (nSPS) is 10.6. The minimum Gasteiger partial charge on any atom is -0.496 e. The topological polar surface area (TPSA) is 98.1 Å². The van der Waals surface area contributed by atoms with Gasteiger partial charge in [0.15, 0.2) is 0 Å². The third-order valence-corrected chi connectivity index (χ3v) is 4.10. The first-order valence-corrected chi connectivity index (χ1v) is 8.62. The number of hydrogen-bond acceptors (Lipinski definition) is 5. The quantitative estimate of drug-likeness (QED) is 0.627. The second kappa shape index (κ2) is 8.79. The molecule has 0 radical (unpaired) electrons. The van der Waals surface area contributed by atoms with Gasteiger partial charge in [-0.3, -0.25) is 14.6 Å². The second-order valence-electron chi connectivity index (χ2n) is 5.85. The third kappa shape index (κ3) is 4.60. The van der Waals surface area contributed by atoms with Crippen LogP contribution in [-0.2, 0) is 11.3 Å². The fourth-order valence-electron chi connectivity index (χ4n) is 2.77. The van der Waals surface area contributed by atoms with Crippen molar-refractivity contribution < 1.29 is 14.3 Å². The van der Waals surface area contributed by atoms with Crippen LogP contribution in [0.3, 0.4) is 0 Å². The van der Waals surface area contributed by atoms with Crippen molar-refractivity contribution in [2.24, 2.45) is 0 Å². The molecule has 0 aliphatic heterocycles. The molecule has 0 unspecified atom stereocenters. The molecule has 8 heteroatoms. The van der Waals surface area contributed by atoms with Gasteiger partial charge in [0.2, 0.25) is 5.91 Å². The summed E-state index contributed by atoms with van der Waals surface area (Å²) in [7, 11) is 1.65. The Morgan fingerprint density at radius 3 is 2.81 bits per heavy atom. The molecule has 0 aliphatic rings. The first-order valence-electron chi connectivity index (χ1n) is 8.62. The lowest BCUT2D eigenvalue weighted by Crippen LogP contribution is -2.32. The summed E-state index contributed by atoms with van der Waals surface area (Å²) in [5.41, 5.74) is 1.28. The molecule has 2 aromatic heterocycles. The Bertz CT molecular complexity index is 923. The van der Waals surface area contributed by atoms with Gasteiger partial charge >= 0.3 is 0 Å². The summed E-state index contributed by atoms with van der Waals surface area (Å²) in [5, 5.41) is 6.55. The van der Waals surface area contributed by atoms with Crippen molar-refractivity contribution in [3.8, 4) is 5.75 Å². The lowest BCUT2D eigenvalue weighted by molar-refractivity contribution is -0.120. The summed E-state index contributed by atoms with van der Waals surface area (Å²) in [4.78, 5) is 31.5. The highest BCUT2D eigenvalue weighted by atomic mass is 16.5. The Balaban J connectivity index is 1.42. The molecule has 3 aromatic rings. The summed E-state index contributed by atoms with van der Waals surface area (Å²) in [6, 6.07) is 7.87. The fraction of sp³-hybridized carbons (Fsp3) is 0.263. The molecule has 0 spiro atoms. The first kappa shape index (κ1) is 18.4. The smallest absolute Gasteiger partial charge is 0.271 e. The van der Waals surface area contributed by atoms with Crippen molar-refractivity contribution in [3.05, 3.63) is 54.7 Å². The predicted molar refractivity (Wildman–Crippen MR) is 100 cm³/mol. The zero-order valence-electron chi connectivity index (χ0n) is 15.0. The van der Waals surface area contributed by atoms with Gasteiger partial charge in [0.05, 0.1) is 18.8 Å². The number of carbonyl (C=O) groups is 2. The number of ether oxygens (including phenoxy) is 1. The van der Waals surface area contributed by atoms with Gasteiger partial charge in [-0.2, -0.15) is 0 Å². The van der Waals surface area contributed by atoms with Crippen LogP contribution < -0.4 is 15.4 Å². The largest absolute Gasteiger partial charge is 0.496 e. The summed E-state index contributed by atoms with van der Waals surface area (Å²) < 4.78 is 7.42. The maximum Gasteiger partial charge on any atom is 0.271 e. The van der Waals surface area contributed by atoms with E-state index in [0.29, 0.717) is 13.1 Å². The Labute approximate surface area is 156 Å². The monoisotopic (exact) mass is 367 g/mol. The predicted octanol–water partition coefficient (Wildman–Crippen LogP) is 1.38. The summed E-state index contributed by atoms with van der Waals surface area (Å²) in [6.45, 7) is 1.39. The first-order chi connectivity index (χ1) is 13.2. The molecule has 0 fully saturated rings. The van der Waals surface area contributed by atoms with Crippen molar-refractivity contribution in [1.82, 2.24) is 25.2 Å². The molecule has 2 heterocycles. The molecule has 2 N–H and O–H groups in total. The van der Waals surface area contributed by atoms with Gasteiger partial charge in [0.25, 0.3) is 5.91 Å². The van der Waals surface area contributed by atoms with Gasteiger partial charge in [0.1, 0.15) is 11.4 Å². The van der Waals surface area contributed by atoms with E-state index in [2.05, 4.69) is 25.2 Å². The van der Waals surface area contributed by atoms with E-state index in [-0.39, 0.29) is 30.5 Å². The van der Waals surface area contributed by atoms with Crippen LogP contribution in [0.15, 0.2) is 49.1 Å². The number of hydrogen-bond donors (Lipinski definition) is 2. The average molecular weight is 367 g/mol. The van der Waals surface area contributed by atoms with Gasteiger partial charge in [-0.1, -0.05) is 6.07 Å². The van der Waals surface area contributed by atoms with E-state index in [9.17, 15) is 9.59 Å².